The molecule has 0 spiro atoms. The van der Waals surface area contributed by atoms with Crippen molar-refractivity contribution in [1.82, 2.24) is 20.1 Å². The van der Waals surface area contributed by atoms with Gasteiger partial charge in [0.05, 0.1) is 29.5 Å². The van der Waals surface area contributed by atoms with Crippen LogP contribution >= 0.6 is 0 Å². The normalized spacial score (nSPS) is 14.6. The molecule has 37 heavy (non-hydrogen) atoms. The second-order valence-electron chi connectivity index (χ2n) is 8.92. The van der Waals surface area contributed by atoms with E-state index in [1.165, 1.54) is 30.3 Å². The number of benzene rings is 2. The zero-order valence-electron chi connectivity index (χ0n) is 20.4. The number of anilines is 1. The number of aromatic nitrogens is 1. The highest BCUT2D eigenvalue weighted by atomic mass is 19.4. The number of urea groups is 1. The largest absolute Gasteiger partial charge is 0.414 e. The van der Waals surface area contributed by atoms with E-state index in [4.69, 9.17) is 0 Å². The van der Waals surface area contributed by atoms with E-state index in [9.17, 15) is 22.8 Å². The van der Waals surface area contributed by atoms with Gasteiger partial charge in [-0.2, -0.15) is 13.2 Å². The van der Waals surface area contributed by atoms with Crippen LogP contribution in [0, 0.1) is 5.92 Å². The molecule has 0 aliphatic carbocycles. The Morgan fingerprint density at radius 1 is 0.973 bits per heavy atom. The number of pyridine rings is 1. The fourth-order valence-corrected chi connectivity index (χ4v) is 4.43. The molecule has 1 aliphatic heterocycles. The van der Waals surface area contributed by atoms with Gasteiger partial charge in [-0.1, -0.05) is 60.7 Å². The topological polar surface area (TPSA) is 77.6 Å². The highest BCUT2D eigenvalue weighted by Crippen LogP contribution is 2.38. The molecule has 3 aromatic rings. The van der Waals surface area contributed by atoms with E-state index in [2.05, 4.69) is 15.6 Å². The first-order chi connectivity index (χ1) is 17.7. The van der Waals surface area contributed by atoms with Crippen molar-refractivity contribution in [3.63, 3.8) is 0 Å². The van der Waals surface area contributed by atoms with Gasteiger partial charge >= 0.3 is 12.2 Å². The molecule has 1 aliphatic rings. The summed E-state index contributed by atoms with van der Waals surface area (Å²) < 4.78 is 42.3. The first-order valence-electron chi connectivity index (χ1n) is 11.8. The molecule has 194 valence electrons. The lowest BCUT2D eigenvalue weighted by atomic mass is 9.97. The standard InChI is InChI=1S/C27H28F3N5O2/c1-31-26(37)35-16-20(17-35)25(36)34(2)24(27(28,29)30)22-14-13-21(15-32-22)33-23(18-9-5-3-6-10-18)19-11-7-4-8-12-19/h3-15,20,23-24,33H,16-17H2,1-2H3,(H,31,37)/t24-/m0/s1. The molecule has 0 bridgehead atoms. The van der Waals surface area contributed by atoms with Crippen molar-refractivity contribution in [2.75, 3.05) is 32.5 Å². The maximum Gasteiger partial charge on any atom is 0.414 e. The van der Waals surface area contributed by atoms with Crippen LogP contribution in [0.1, 0.15) is 28.9 Å². The van der Waals surface area contributed by atoms with Gasteiger partial charge in [0.2, 0.25) is 5.91 Å². The van der Waals surface area contributed by atoms with E-state index >= 15 is 0 Å². The predicted octanol–water partition coefficient (Wildman–Crippen LogP) is 4.62. The number of hydrogen-bond acceptors (Lipinski definition) is 4. The van der Waals surface area contributed by atoms with Gasteiger partial charge in [0, 0.05) is 27.2 Å². The number of rotatable bonds is 7. The summed E-state index contributed by atoms with van der Waals surface area (Å²) in [6.45, 7) is 0.147. The number of halogens is 3. The molecule has 2 N–H and O–H groups in total. The lowest BCUT2D eigenvalue weighted by Gasteiger charge is -2.41. The molecule has 2 heterocycles. The lowest BCUT2D eigenvalue weighted by Crippen LogP contribution is -2.58. The average molecular weight is 512 g/mol. The summed E-state index contributed by atoms with van der Waals surface area (Å²) in [4.78, 5) is 30.6. The van der Waals surface area contributed by atoms with E-state index in [-0.39, 0.29) is 30.9 Å². The fraction of sp³-hybridized carbons (Fsp3) is 0.296. The Kier molecular flexibility index (Phi) is 7.66. The van der Waals surface area contributed by atoms with Gasteiger partial charge in [0.25, 0.3) is 0 Å². The number of amides is 3. The maximum atomic E-state index is 14.1. The second-order valence-corrected chi connectivity index (χ2v) is 8.92. The summed E-state index contributed by atoms with van der Waals surface area (Å²) in [5.74, 6) is -1.37. The van der Waals surface area contributed by atoms with Crippen molar-refractivity contribution < 1.29 is 22.8 Å². The Morgan fingerprint density at radius 3 is 2.00 bits per heavy atom. The van der Waals surface area contributed by atoms with Crippen molar-refractivity contribution in [3.8, 4) is 0 Å². The van der Waals surface area contributed by atoms with Crippen LogP contribution in [0.25, 0.3) is 0 Å². The molecule has 10 heteroatoms. The van der Waals surface area contributed by atoms with E-state index in [0.717, 1.165) is 18.2 Å². The fourth-order valence-electron chi connectivity index (χ4n) is 4.43. The van der Waals surface area contributed by atoms with Gasteiger partial charge < -0.3 is 20.4 Å². The zero-order chi connectivity index (χ0) is 26.6. The Balaban J connectivity index is 1.53. The van der Waals surface area contributed by atoms with Gasteiger partial charge in [0.15, 0.2) is 6.04 Å². The summed E-state index contributed by atoms with van der Waals surface area (Å²) in [5.41, 5.74) is 2.23. The van der Waals surface area contributed by atoms with Crippen LogP contribution in [0.4, 0.5) is 23.7 Å². The van der Waals surface area contributed by atoms with E-state index in [1.807, 2.05) is 60.7 Å². The van der Waals surface area contributed by atoms with E-state index < -0.39 is 24.0 Å². The molecular weight excluding hydrogens is 483 g/mol. The summed E-state index contributed by atoms with van der Waals surface area (Å²) in [7, 11) is 2.58. The second kappa shape index (κ2) is 10.9. The van der Waals surface area contributed by atoms with Crippen molar-refractivity contribution in [2.45, 2.75) is 18.3 Å². The minimum absolute atomic E-state index is 0.0735. The Bertz CT molecular complexity index is 1160. The molecule has 7 nitrogen and oxygen atoms in total. The van der Waals surface area contributed by atoms with Crippen LogP contribution in [0.15, 0.2) is 79.0 Å². The smallest absolute Gasteiger partial charge is 0.373 e. The summed E-state index contributed by atoms with van der Waals surface area (Å²) in [6.07, 6.45) is -3.38. The molecule has 2 aromatic carbocycles. The van der Waals surface area contributed by atoms with E-state index in [0.29, 0.717) is 10.6 Å². The predicted molar refractivity (Wildman–Crippen MR) is 134 cm³/mol. The first kappa shape index (κ1) is 26.0. The van der Waals surface area contributed by atoms with Crippen LogP contribution in [0.3, 0.4) is 0 Å². The average Bonchev–Trinajstić information content (AvgIpc) is 2.87. The van der Waals surface area contributed by atoms with Crippen molar-refractivity contribution in [2.24, 2.45) is 5.92 Å². The maximum absolute atomic E-state index is 14.1. The van der Waals surface area contributed by atoms with E-state index in [1.54, 1.807) is 0 Å². The van der Waals surface area contributed by atoms with Gasteiger partial charge in [-0.05, 0) is 23.3 Å². The molecule has 1 aromatic heterocycles. The first-order valence-corrected chi connectivity index (χ1v) is 11.8. The van der Waals surface area contributed by atoms with Crippen LogP contribution in [-0.2, 0) is 4.79 Å². The number of alkyl halides is 3. The molecule has 4 rings (SSSR count). The number of nitrogens with zero attached hydrogens (tertiary/aromatic N) is 3. The highest BCUT2D eigenvalue weighted by Gasteiger charge is 2.48. The number of likely N-dealkylation sites (tertiary alicyclic amines) is 1. The molecule has 1 atom stereocenters. The molecule has 3 amide bonds. The van der Waals surface area contributed by atoms with Crippen molar-refractivity contribution in [1.29, 1.82) is 0 Å². The third kappa shape index (κ3) is 5.84. The monoisotopic (exact) mass is 511 g/mol. The molecular formula is C27H28F3N5O2. The number of hydrogen-bond donors (Lipinski definition) is 2. The lowest BCUT2D eigenvalue weighted by molar-refractivity contribution is -0.192. The van der Waals surface area contributed by atoms with Crippen molar-refractivity contribution in [3.05, 3.63) is 95.8 Å². The third-order valence-electron chi connectivity index (χ3n) is 6.42. The van der Waals surface area contributed by atoms with Crippen molar-refractivity contribution >= 4 is 17.6 Å². The van der Waals surface area contributed by atoms with Gasteiger partial charge in [-0.25, -0.2) is 4.79 Å². The summed E-state index contributed by atoms with van der Waals surface area (Å²) in [5, 5.41) is 5.79. The highest BCUT2D eigenvalue weighted by molar-refractivity contribution is 5.84. The minimum atomic E-state index is -4.73. The van der Waals surface area contributed by atoms with Crippen LogP contribution in [0.5, 0.6) is 0 Å². The SMILES string of the molecule is CNC(=O)N1CC(C(=O)N(C)[C@@H](c2ccc(NC(c3ccccc3)c3ccccc3)cn2)C(F)(F)F)C1. The number of nitrogens with one attached hydrogen (secondary N) is 2. The third-order valence-corrected chi connectivity index (χ3v) is 6.42. The minimum Gasteiger partial charge on any atom is -0.373 e. The quantitative estimate of drug-likeness (QED) is 0.486. The molecule has 0 unspecified atom stereocenters. The Labute approximate surface area is 213 Å². The van der Waals surface area contributed by atoms with Gasteiger partial charge in [-0.15, -0.1) is 0 Å². The van der Waals surface area contributed by atoms with Crippen LogP contribution in [0.2, 0.25) is 0 Å². The number of carbonyl (C=O) groups is 2. The molecule has 1 fully saturated rings. The summed E-state index contributed by atoms with van der Waals surface area (Å²) >= 11 is 0. The van der Waals surface area contributed by atoms with Crippen LogP contribution in [-0.4, -0.2) is 60.1 Å². The molecule has 0 saturated carbocycles. The van der Waals surface area contributed by atoms with Gasteiger partial charge in [-0.3, -0.25) is 9.78 Å². The molecule has 0 radical (unpaired) electrons. The van der Waals surface area contributed by atoms with Crippen LogP contribution < -0.4 is 10.6 Å². The van der Waals surface area contributed by atoms with Gasteiger partial charge in [0.1, 0.15) is 0 Å². The summed E-state index contributed by atoms with van der Waals surface area (Å²) in [6, 6.07) is 19.4. The Hall–Kier alpha value is -4.08. The zero-order valence-corrected chi connectivity index (χ0v) is 20.4. The Morgan fingerprint density at radius 2 is 1.54 bits per heavy atom. The number of carbonyl (C=O) groups excluding carboxylic acids is 2. The molecule has 1 saturated heterocycles.